The number of carbonyl (C=O) groups excluding carboxylic acids is 1. The van der Waals surface area contributed by atoms with E-state index in [9.17, 15) is 4.79 Å². The molecule has 0 unspecified atom stereocenters. The van der Waals surface area contributed by atoms with Crippen LogP contribution in [0.3, 0.4) is 0 Å². The van der Waals surface area contributed by atoms with Crippen molar-refractivity contribution in [3.8, 4) is 0 Å². The molecule has 2 N–H and O–H groups in total. The Bertz CT molecular complexity index is 439. The average Bonchev–Trinajstić information content (AvgIpc) is 3.11. The molecule has 0 aliphatic heterocycles. The van der Waals surface area contributed by atoms with Crippen LogP contribution in [0, 0.1) is 6.92 Å². The molecule has 2 rings (SSSR count). The van der Waals surface area contributed by atoms with Crippen molar-refractivity contribution in [2.45, 2.75) is 25.8 Å². The molecule has 0 spiro atoms. The van der Waals surface area contributed by atoms with Crippen LogP contribution in [0.2, 0.25) is 0 Å². The SMILES string of the molecule is Cc1ccc(NCC(=O)NC2CC2)cc1N(C)C. The number of hydrogen-bond donors (Lipinski definition) is 2. The van der Waals surface area contributed by atoms with Crippen molar-refractivity contribution in [3.05, 3.63) is 23.8 Å². The van der Waals surface area contributed by atoms with Crippen LogP contribution in [0.4, 0.5) is 11.4 Å². The zero-order chi connectivity index (χ0) is 13.1. The van der Waals surface area contributed by atoms with E-state index in [2.05, 4.69) is 34.6 Å². The van der Waals surface area contributed by atoms with Gasteiger partial charge in [0.25, 0.3) is 0 Å². The minimum atomic E-state index is 0.0736. The summed E-state index contributed by atoms with van der Waals surface area (Å²) in [4.78, 5) is 13.6. The smallest absolute Gasteiger partial charge is 0.239 e. The van der Waals surface area contributed by atoms with E-state index >= 15 is 0 Å². The van der Waals surface area contributed by atoms with Gasteiger partial charge in [-0.2, -0.15) is 0 Å². The fourth-order valence-electron chi connectivity index (χ4n) is 1.89. The Labute approximate surface area is 108 Å². The van der Waals surface area contributed by atoms with E-state index < -0.39 is 0 Å². The number of nitrogens with zero attached hydrogens (tertiary/aromatic N) is 1. The highest BCUT2D eigenvalue weighted by Gasteiger charge is 2.22. The molecule has 1 amide bonds. The van der Waals surface area contributed by atoms with Gasteiger partial charge in [0.1, 0.15) is 0 Å². The van der Waals surface area contributed by atoms with Crippen LogP contribution in [0.1, 0.15) is 18.4 Å². The van der Waals surface area contributed by atoms with E-state index in [0.29, 0.717) is 12.6 Å². The summed E-state index contributed by atoms with van der Waals surface area (Å²) in [5.41, 5.74) is 3.38. The van der Waals surface area contributed by atoms with Gasteiger partial charge in [-0.05, 0) is 37.5 Å². The normalized spacial score (nSPS) is 14.2. The molecule has 0 saturated heterocycles. The maximum absolute atomic E-state index is 11.6. The molecule has 1 aromatic carbocycles. The molecule has 98 valence electrons. The van der Waals surface area contributed by atoms with Gasteiger partial charge >= 0.3 is 0 Å². The van der Waals surface area contributed by atoms with E-state index in [1.807, 2.05) is 20.2 Å². The molecule has 1 aromatic rings. The quantitative estimate of drug-likeness (QED) is 0.833. The van der Waals surface area contributed by atoms with Crippen molar-refractivity contribution < 1.29 is 4.79 Å². The van der Waals surface area contributed by atoms with Gasteiger partial charge < -0.3 is 15.5 Å². The summed E-state index contributed by atoms with van der Waals surface area (Å²) < 4.78 is 0. The second-order valence-corrected chi connectivity index (χ2v) is 5.09. The molecule has 1 aliphatic carbocycles. The Hall–Kier alpha value is -1.71. The number of aryl methyl sites for hydroxylation is 1. The van der Waals surface area contributed by atoms with Crippen molar-refractivity contribution >= 4 is 17.3 Å². The van der Waals surface area contributed by atoms with Gasteiger partial charge in [-0.3, -0.25) is 4.79 Å². The highest BCUT2D eigenvalue weighted by Crippen LogP contribution is 2.22. The predicted octanol–water partition coefficient (Wildman–Crippen LogP) is 1.75. The molecule has 1 fully saturated rings. The van der Waals surface area contributed by atoms with Gasteiger partial charge in [-0.25, -0.2) is 0 Å². The minimum Gasteiger partial charge on any atom is -0.377 e. The number of nitrogens with one attached hydrogen (secondary N) is 2. The van der Waals surface area contributed by atoms with Crippen LogP contribution in [0.25, 0.3) is 0 Å². The fourth-order valence-corrected chi connectivity index (χ4v) is 1.89. The van der Waals surface area contributed by atoms with E-state index in [4.69, 9.17) is 0 Å². The van der Waals surface area contributed by atoms with Gasteiger partial charge in [0.2, 0.25) is 5.91 Å². The summed E-state index contributed by atoms with van der Waals surface area (Å²) in [5.74, 6) is 0.0736. The van der Waals surface area contributed by atoms with Crippen LogP contribution in [-0.4, -0.2) is 32.6 Å². The van der Waals surface area contributed by atoms with Crippen molar-refractivity contribution in [2.24, 2.45) is 0 Å². The maximum Gasteiger partial charge on any atom is 0.239 e. The summed E-state index contributed by atoms with van der Waals surface area (Å²) in [6.45, 7) is 2.42. The molecule has 1 aliphatic rings. The average molecular weight is 247 g/mol. The Kier molecular flexibility index (Phi) is 3.75. The highest BCUT2D eigenvalue weighted by atomic mass is 16.2. The van der Waals surface area contributed by atoms with Crippen molar-refractivity contribution in [1.29, 1.82) is 0 Å². The zero-order valence-electron chi connectivity index (χ0n) is 11.3. The maximum atomic E-state index is 11.6. The van der Waals surface area contributed by atoms with Crippen LogP contribution < -0.4 is 15.5 Å². The lowest BCUT2D eigenvalue weighted by Gasteiger charge is -2.17. The van der Waals surface area contributed by atoms with Gasteiger partial charge in [-0.1, -0.05) is 6.07 Å². The Morgan fingerprint density at radius 3 is 2.72 bits per heavy atom. The van der Waals surface area contributed by atoms with E-state index in [0.717, 1.165) is 18.5 Å². The highest BCUT2D eigenvalue weighted by molar-refractivity contribution is 5.81. The summed E-state index contributed by atoms with van der Waals surface area (Å²) in [6, 6.07) is 6.57. The monoisotopic (exact) mass is 247 g/mol. The largest absolute Gasteiger partial charge is 0.377 e. The lowest BCUT2D eigenvalue weighted by molar-refractivity contribution is -0.119. The molecule has 0 atom stereocenters. The fraction of sp³-hybridized carbons (Fsp3) is 0.500. The first kappa shape index (κ1) is 12.7. The van der Waals surface area contributed by atoms with Crippen molar-refractivity contribution in [3.63, 3.8) is 0 Å². The summed E-state index contributed by atoms with van der Waals surface area (Å²) >= 11 is 0. The molecule has 0 aromatic heterocycles. The van der Waals surface area contributed by atoms with E-state index in [1.165, 1.54) is 11.3 Å². The minimum absolute atomic E-state index is 0.0736. The van der Waals surface area contributed by atoms with Crippen LogP contribution in [0.5, 0.6) is 0 Å². The van der Waals surface area contributed by atoms with Crippen LogP contribution in [0.15, 0.2) is 18.2 Å². The second kappa shape index (κ2) is 5.29. The van der Waals surface area contributed by atoms with Gasteiger partial charge in [-0.15, -0.1) is 0 Å². The molecule has 0 radical (unpaired) electrons. The molecule has 1 saturated carbocycles. The molecule has 0 heterocycles. The van der Waals surface area contributed by atoms with Gasteiger partial charge in [0.05, 0.1) is 6.54 Å². The Balaban J connectivity index is 1.92. The number of benzene rings is 1. The lowest BCUT2D eigenvalue weighted by atomic mass is 10.1. The Morgan fingerprint density at radius 1 is 1.39 bits per heavy atom. The van der Waals surface area contributed by atoms with Crippen molar-refractivity contribution in [2.75, 3.05) is 30.9 Å². The first-order chi connectivity index (χ1) is 8.56. The standard InChI is InChI=1S/C14H21N3O/c1-10-4-5-12(8-13(10)17(2)3)15-9-14(18)16-11-6-7-11/h4-5,8,11,15H,6-7,9H2,1-3H3,(H,16,18). The zero-order valence-corrected chi connectivity index (χ0v) is 11.3. The molecular weight excluding hydrogens is 226 g/mol. The third-order valence-electron chi connectivity index (χ3n) is 3.09. The number of anilines is 2. The number of hydrogen-bond acceptors (Lipinski definition) is 3. The van der Waals surface area contributed by atoms with E-state index in [1.54, 1.807) is 0 Å². The van der Waals surface area contributed by atoms with Gasteiger partial charge in [0.15, 0.2) is 0 Å². The molecule has 0 bridgehead atoms. The predicted molar refractivity (Wildman–Crippen MR) is 75.2 cm³/mol. The van der Waals surface area contributed by atoms with Gasteiger partial charge in [0, 0.05) is 31.5 Å². The number of carbonyl (C=O) groups is 1. The number of rotatable bonds is 5. The third-order valence-corrected chi connectivity index (χ3v) is 3.09. The molecule has 18 heavy (non-hydrogen) atoms. The van der Waals surface area contributed by atoms with Crippen LogP contribution in [-0.2, 0) is 4.79 Å². The second-order valence-electron chi connectivity index (χ2n) is 5.09. The Morgan fingerprint density at radius 2 is 2.11 bits per heavy atom. The first-order valence-corrected chi connectivity index (χ1v) is 6.37. The molecule has 4 heteroatoms. The first-order valence-electron chi connectivity index (χ1n) is 6.37. The summed E-state index contributed by atoms with van der Waals surface area (Å²) in [6.07, 6.45) is 2.25. The van der Waals surface area contributed by atoms with E-state index in [-0.39, 0.29) is 5.91 Å². The molecular formula is C14H21N3O. The topological polar surface area (TPSA) is 44.4 Å². The lowest BCUT2D eigenvalue weighted by Crippen LogP contribution is -2.31. The van der Waals surface area contributed by atoms with Crippen LogP contribution >= 0.6 is 0 Å². The molecule has 4 nitrogen and oxygen atoms in total. The third kappa shape index (κ3) is 3.39. The van der Waals surface area contributed by atoms with Crippen molar-refractivity contribution in [1.82, 2.24) is 5.32 Å². The summed E-state index contributed by atoms with van der Waals surface area (Å²) in [7, 11) is 4.04. The summed E-state index contributed by atoms with van der Waals surface area (Å²) in [5, 5.41) is 6.12. The number of amides is 1.